The van der Waals surface area contributed by atoms with Gasteiger partial charge in [0, 0.05) is 38.5 Å². The summed E-state index contributed by atoms with van der Waals surface area (Å²) < 4.78 is 0. The van der Waals surface area contributed by atoms with Crippen molar-refractivity contribution in [3.8, 4) is 11.8 Å². The van der Waals surface area contributed by atoms with Crippen molar-refractivity contribution in [1.29, 1.82) is 0 Å². The molecule has 3 fully saturated rings. The Labute approximate surface area is 190 Å². The molecule has 2 saturated carbocycles. The minimum atomic E-state index is -0.483. The summed E-state index contributed by atoms with van der Waals surface area (Å²) in [6.07, 6.45) is 13.5. The van der Waals surface area contributed by atoms with Crippen molar-refractivity contribution in [2.75, 3.05) is 39.8 Å². The molecule has 1 aliphatic heterocycles. The van der Waals surface area contributed by atoms with E-state index in [1.165, 1.54) is 52.0 Å². The van der Waals surface area contributed by atoms with Gasteiger partial charge < -0.3 is 20.0 Å². The Morgan fingerprint density at radius 3 is 2.68 bits per heavy atom. The van der Waals surface area contributed by atoms with E-state index in [2.05, 4.69) is 40.8 Å². The Morgan fingerprint density at radius 2 is 1.94 bits per heavy atom. The molecule has 3 aliphatic rings. The Morgan fingerprint density at radius 1 is 1.16 bits per heavy atom. The van der Waals surface area contributed by atoms with Gasteiger partial charge in [0.15, 0.2) is 0 Å². The molecular formula is C27H44N2O2. The summed E-state index contributed by atoms with van der Waals surface area (Å²) in [4.78, 5) is 5.02. The van der Waals surface area contributed by atoms with E-state index < -0.39 is 6.10 Å². The van der Waals surface area contributed by atoms with E-state index in [1.54, 1.807) is 5.57 Å². The van der Waals surface area contributed by atoms with E-state index in [-0.39, 0.29) is 17.9 Å². The summed E-state index contributed by atoms with van der Waals surface area (Å²) in [5, 5.41) is 21.0. The maximum absolute atomic E-state index is 10.6. The third-order valence-electron chi connectivity index (χ3n) is 7.78. The van der Waals surface area contributed by atoms with Crippen LogP contribution >= 0.6 is 0 Å². The second-order valence-electron chi connectivity index (χ2n) is 10.2. The Hall–Kier alpha value is -1.12. The SMILES string of the molecule is CC#CC[C@H](C)[C@H](O)/C=C/[C@@H]1[C@H]2C/C(=C/CCCCN3CCN(C)CC3)C[C@H]2C[C@H]1O. The van der Waals surface area contributed by atoms with Crippen molar-refractivity contribution in [3.63, 3.8) is 0 Å². The largest absolute Gasteiger partial charge is 0.392 e. The van der Waals surface area contributed by atoms with Crippen LogP contribution in [0.25, 0.3) is 0 Å². The summed E-state index contributed by atoms with van der Waals surface area (Å²) in [6, 6.07) is 0. The van der Waals surface area contributed by atoms with Crippen LogP contribution in [-0.2, 0) is 0 Å². The highest BCUT2D eigenvalue weighted by Gasteiger charge is 2.44. The van der Waals surface area contributed by atoms with Gasteiger partial charge in [0.2, 0.25) is 0 Å². The number of aliphatic hydroxyl groups excluding tert-OH is 2. The summed E-state index contributed by atoms with van der Waals surface area (Å²) in [7, 11) is 2.21. The quantitative estimate of drug-likeness (QED) is 0.334. The molecular weight excluding hydrogens is 384 g/mol. The van der Waals surface area contributed by atoms with E-state index in [4.69, 9.17) is 0 Å². The van der Waals surface area contributed by atoms with Crippen molar-refractivity contribution in [2.45, 2.75) is 71.0 Å². The van der Waals surface area contributed by atoms with Crippen LogP contribution in [0, 0.1) is 35.5 Å². The predicted octanol–water partition coefficient (Wildman–Crippen LogP) is 3.70. The summed E-state index contributed by atoms with van der Waals surface area (Å²) >= 11 is 0. The molecule has 0 aromatic carbocycles. The van der Waals surface area contributed by atoms with Crippen LogP contribution in [0.1, 0.15) is 58.8 Å². The van der Waals surface area contributed by atoms with E-state index in [0.29, 0.717) is 18.3 Å². The lowest BCUT2D eigenvalue weighted by molar-refractivity contribution is 0.137. The van der Waals surface area contributed by atoms with Crippen molar-refractivity contribution in [2.24, 2.45) is 23.7 Å². The molecule has 4 nitrogen and oxygen atoms in total. The molecule has 4 heteroatoms. The van der Waals surface area contributed by atoms with Gasteiger partial charge in [0.25, 0.3) is 0 Å². The van der Waals surface area contributed by atoms with Crippen LogP contribution in [0.4, 0.5) is 0 Å². The zero-order valence-electron chi connectivity index (χ0n) is 20.0. The highest BCUT2D eigenvalue weighted by Crippen LogP contribution is 2.50. The molecule has 0 bridgehead atoms. The normalized spacial score (nSPS) is 32.9. The molecule has 1 heterocycles. The highest BCUT2D eigenvalue weighted by atomic mass is 16.3. The zero-order chi connectivity index (χ0) is 22.2. The molecule has 2 aliphatic carbocycles. The van der Waals surface area contributed by atoms with Gasteiger partial charge in [-0.05, 0) is 76.8 Å². The van der Waals surface area contributed by atoms with Crippen LogP contribution in [0.2, 0.25) is 0 Å². The molecule has 6 atom stereocenters. The van der Waals surface area contributed by atoms with E-state index in [9.17, 15) is 10.2 Å². The lowest BCUT2D eigenvalue weighted by Crippen LogP contribution is -2.44. The molecule has 0 amide bonds. The van der Waals surface area contributed by atoms with Gasteiger partial charge in [-0.15, -0.1) is 11.8 Å². The maximum atomic E-state index is 10.6. The van der Waals surface area contributed by atoms with Crippen molar-refractivity contribution in [1.82, 2.24) is 9.80 Å². The number of nitrogens with zero attached hydrogens (tertiary/aromatic N) is 2. The second kappa shape index (κ2) is 12.2. The average Bonchev–Trinajstić information content (AvgIpc) is 3.27. The topological polar surface area (TPSA) is 46.9 Å². The van der Waals surface area contributed by atoms with Gasteiger partial charge in [0.05, 0.1) is 12.2 Å². The summed E-state index contributed by atoms with van der Waals surface area (Å²) in [5.74, 6) is 7.42. The van der Waals surface area contributed by atoms with Crippen molar-refractivity contribution < 1.29 is 10.2 Å². The smallest absolute Gasteiger partial charge is 0.0755 e. The Balaban J connectivity index is 1.40. The van der Waals surface area contributed by atoms with E-state index in [1.807, 2.05) is 19.9 Å². The third-order valence-corrected chi connectivity index (χ3v) is 7.78. The summed E-state index contributed by atoms with van der Waals surface area (Å²) in [5.41, 5.74) is 1.60. The standard InChI is InChI=1S/C27H44N2O2/c1-4-5-9-21(2)26(30)12-11-24-25-19-22(18-23(25)20-27(24)31)10-7-6-8-13-29-16-14-28(3)15-17-29/h10-12,21,23-27,30-31H,6-9,13-20H2,1-3H3/b12-11+,22-10+/t21-,23-,24+,25-,26+,27+/m0/s1. The predicted molar refractivity (Wildman–Crippen MR) is 129 cm³/mol. The molecule has 1 saturated heterocycles. The number of piperazine rings is 1. The second-order valence-corrected chi connectivity index (χ2v) is 10.2. The first kappa shape index (κ1) is 24.5. The Bertz CT molecular complexity index is 668. The molecule has 0 unspecified atom stereocenters. The molecule has 31 heavy (non-hydrogen) atoms. The van der Waals surface area contributed by atoms with E-state index >= 15 is 0 Å². The minimum absolute atomic E-state index is 0.128. The van der Waals surface area contributed by atoms with Crippen molar-refractivity contribution in [3.05, 3.63) is 23.8 Å². The zero-order valence-corrected chi connectivity index (χ0v) is 20.0. The van der Waals surface area contributed by atoms with Gasteiger partial charge >= 0.3 is 0 Å². The van der Waals surface area contributed by atoms with Gasteiger partial charge in [-0.1, -0.05) is 30.7 Å². The number of allylic oxidation sites excluding steroid dienone is 2. The first-order valence-corrected chi connectivity index (χ1v) is 12.5. The van der Waals surface area contributed by atoms with Crippen LogP contribution < -0.4 is 0 Å². The molecule has 0 spiro atoms. The number of rotatable bonds is 9. The number of fused-ring (bicyclic) bond motifs is 1. The average molecular weight is 429 g/mol. The van der Waals surface area contributed by atoms with Crippen molar-refractivity contribution >= 4 is 0 Å². The van der Waals surface area contributed by atoms with E-state index in [0.717, 1.165) is 19.3 Å². The monoisotopic (exact) mass is 428 g/mol. The number of likely N-dealkylation sites (N-methyl/N-ethyl adjacent to an activating group) is 1. The number of unbranched alkanes of at least 4 members (excludes halogenated alkanes) is 2. The first-order valence-electron chi connectivity index (χ1n) is 12.5. The van der Waals surface area contributed by atoms with Gasteiger partial charge in [-0.25, -0.2) is 0 Å². The molecule has 174 valence electrons. The minimum Gasteiger partial charge on any atom is -0.392 e. The van der Waals surface area contributed by atoms with Crippen LogP contribution in [0.3, 0.4) is 0 Å². The molecule has 2 N–H and O–H groups in total. The number of hydrogen-bond donors (Lipinski definition) is 2. The Kier molecular flexibility index (Phi) is 9.66. The number of aliphatic hydroxyl groups is 2. The van der Waals surface area contributed by atoms with Gasteiger partial charge in [-0.3, -0.25) is 0 Å². The third kappa shape index (κ3) is 7.19. The molecule has 0 aromatic rings. The van der Waals surface area contributed by atoms with Crippen LogP contribution in [0.15, 0.2) is 23.8 Å². The highest BCUT2D eigenvalue weighted by molar-refractivity contribution is 5.18. The maximum Gasteiger partial charge on any atom is 0.0755 e. The summed E-state index contributed by atoms with van der Waals surface area (Å²) in [6.45, 7) is 9.96. The molecule has 0 aromatic heterocycles. The fourth-order valence-electron chi connectivity index (χ4n) is 5.61. The fraction of sp³-hybridized carbons (Fsp3) is 0.778. The number of hydrogen-bond acceptors (Lipinski definition) is 4. The molecule has 0 radical (unpaired) electrons. The van der Waals surface area contributed by atoms with Gasteiger partial charge in [0.1, 0.15) is 0 Å². The first-order chi connectivity index (χ1) is 15.0. The van der Waals surface area contributed by atoms with Crippen LogP contribution in [0.5, 0.6) is 0 Å². The lowest BCUT2D eigenvalue weighted by atomic mass is 9.89. The fourth-order valence-corrected chi connectivity index (χ4v) is 5.61. The van der Waals surface area contributed by atoms with Gasteiger partial charge in [-0.2, -0.15) is 0 Å². The van der Waals surface area contributed by atoms with Crippen LogP contribution in [-0.4, -0.2) is 72.0 Å². The molecule has 3 rings (SSSR count). The lowest BCUT2D eigenvalue weighted by Gasteiger charge is -2.32.